The molecule has 0 saturated carbocycles. The third kappa shape index (κ3) is 5.59. The number of nitrogens with zero attached hydrogens (tertiary/aromatic N) is 4. The van der Waals surface area contributed by atoms with E-state index in [0.29, 0.717) is 18.3 Å². The van der Waals surface area contributed by atoms with Crippen molar-refractivity contribution in [3.8, 4) is 11.4 Å². The number of aromatic nitrogens is 2. The van der Waals surface area contributed by atoms with E-state index in [1.54, 1.807) is 24.8 Å². The van der Waals surface area contributed by atoms with Crippen LogP contribution in [-0.2, 0) is 9.59 Å². The molecular weight excluding hydrogens is 496 g/mol. The molecule has 1 aromatic carbocycles. The molecule has 1 unspecified atom stereocenters. The predicted molar refractivity (Wildman–Crippen MR) is 127 cm³/mol. The number of amides is 2. The zero-order valence-electron chi connectivity index (χ0n) is 18.4. The van der Waals surface area contributed by atoms with Gasteiger partial charge < -0.3 is 14.3 Å². The van der Waals surface area contributed by atoms with Gasteiger partial charge in [0, 0.05) is 29.0 Å². The maximum absolute atomic E-state index is 13.3. The normalized spacial score (nSPS) is 16.6. The Morgan fingerprint density at radius 1 is 1.34 bits per heavy atom. The molecule has 0 N–H and O–H groups in total. The third-order valence-corrected chi connectivity index (χ3v) is 6.73. The van der Waals surface area contributed by atoms with Crippen LogP contribution in [-0.4, -0.2) is 57.3 Å². The van der Waals surface area contributed by atoms with E-state index < -0.39 is 5.41 Å². The van der Waals surface area contributed by atoms with Crippen LogP contribution >= 0.6 is 27.5 Å². The van der Waals surface area contributed by atoms with E-state index in [0.717, 1.165) is 29.3 Å². The van der Waals surface area contributed by atoms with Crippen molar-refractivity contribution in [3.05, 3.63) is 47.3 Å². The van der Waals surface area contributed by atoms with Crippen molar-refractivity contribution in [1.29, 1.82) is 0 Å². The SMILES string of the molecule is C=CCN(CC(=O)N1CCCCC1c1nc(-c2ccc(Br)cc2)no1)C(=O)C(C)(C)CCl. The van der Waals surface area contributed by atoms with Crippen LogP contribution in [0.15, 0.2) is 45.9 Å². The fourth-order valence-corrected chi connectivity index (χ4v) is 4.07. The van der Waals surface area contributed by atoms with Crippen molar-refractivity contribution < 1.29 is 14.1 Å². The molecule has 1 atom stereocenters. The average Bonchev–Trinajstić information content (AvgIpc) is 3.29. The second kappa shape index (κ2) is 10.6. The number of carbonyl (C=O) groups excluding carboxylic acids is 2. The van der Waals surface area contributed by atoms with Gasteiger partial charge in [-0.15, -0.1) is 18.2 Å². The lowest BCUT2D eigenvalue weighted by Gasteiger charge is -2.36. The minimum absolute atomic E-state index is 0.0463. The minimum Gasteiger partial charge on any atom is -0.337 e. The van der Waals surface area contributed by atoms with Gasteiger partial charge in [-0.25, -0.2) is 0 Å². The summed E-state index contributed by atoms with van der Waals surface area (Å²) in [5.74, 6) is 0.737. The number of benzene rings is 1. The van der Waals surface area contributed by atoms with Crippen LogP contribution in [0.4, 0.5) is 0 Å². The summed E-state index contributed by atoms with van der Waals surface area (Å²) in [5.41, 5.74) is 0.0704. The first kappa shape index (κ1) is 24.5. The summed E-state index contributed by atoms with van der Waals surface area (Å²) in [5, 5.41) is 4.12. The maximum atomic E-state index is 13.3. The van der Waals surface area contributed by atoms with Gasteiger partial charge in [-0.1, -0.05) is 27.2 Å². The number of piperidine rings is 1. The summed E-state index contributed by atoms with van der Waals surface area (Å²) >= 11 is 9.40. The molecule has 1 aromatic heterocycles. The summed E-state index contributed by atoms with van der Waals surface area (Å²) in [6, 6.07) is 7.32. The average molecular weight is 524 g/mol. The number of alkyl halides is 1. The molecule has 0 spiro atoms. The van der Waals surface area contributed by atoms with Gasteiger partial charge in [0.25, 0.3) is 0 Å². The summed E-state index contributed by atoms with van der Waals surface area (Å²) < 4.78 is 6.52. The number of likely N-dealkylation sites (tertiary alicyclic amines) is 1. The Bertz CT molecular complexity index is 960. The van der Waals surface area contributed by atoms with Crippen molar-refractivity contribution in [2.24, 2.45) is 5.41 Å². The minimum atomic E-state index is -0.766. The lowest BCUT2D eigenvalue weighted by atomic mass is 9.94. The molecule has 3 rings (SSSR count). The Morgan fingerprint density at radius 3 is 2.72 bits per heavy atom. The Kier molecular flexibility index (Phi) is 8.11. The zero-order chi connectivity index (χ0) is 23.3. The fraction of sp³-hybridized carbons (Fsp3) is 0.478. The molecule has 7 nitrogen and oxygen atoms in total. The van der Waals surface area contributed by atoms with Gasteiger partial charge in [-0.2, -0.15) is 4.98 Å². The Balaban J connectivity index is 1.78. The largest absolute Gasteiger partial charge is 0.337 e. The fourth-order valence-electron chi connectivity index (χ4n) is 3.69. The zero-order valence-corrected chi connectivity index (χ0v) is 20.7. The highest BCUT2D eigenvalue weighted by molar-refractivity contribution is 9.10. The number of halogens is 2. The highest BCUT2D eigenvalue weighted by Crippen LogP contribution is 2.32. The van der Waals surface area contributed by atoms with Crippen LogP contribution in [0, 0.1) is 5.41 Å². The molecule has 2 heterocycles. The molecular formula is C23H28BrClN4O3. The van der Waals surface area contributed by atoms with Crippen LogP contribution in [0.5, 0.6) is 0 Å². The van der Waals surface area contributed by atoms with E-state index in [2.05, 4.69) is 32.6 Å². The van der Waals surface area contributed by atoms with Gasteiger partial charge >= 0.3 is 0 Å². The third-order valence-electron chi connectivity index (χ3n) is 5.53. The number of rotatable bonds is 8. The predicted octanol–water partition coefficient (Wildman–Crippen LogP) is 4.83. The van der Waals surface area contributed by atoms with Crippen LogP contribution < -0.4 is 0 Å². The molecule has 0 aliphatic carbocycles. The van der Waals surface area contributed by atoms with Crippen LogP contribution in [0.3, 0.4) is 0 Å². The van der Waals surface area contributed by atoms with Gasteiger partial charge in [0.05, 0.1) is 5.41 Å². The Morgan fingerprint density at radius 2 is 2.06 bits per heavy atom. The molecule has 1 fully saturated rings. The summed E-state index contributed by atoms with van der Waals surface area (Å²) in [6.07, 6.45) is 4.19. The number of carbonyl (C=O) groups is 2. The molecule has 2 amide bonds. The summed E-state index contributed by atoms with van der Waals surface area (Å²) in [4.78, 5) is 34.0. The molecule has 2 aromatic rings. The van der Waals surface area contributed by atoms with E-state index in [1.165, 1.54) is 4.90 Å². The smallest absolute Gasteiger partial charge is 0.249 e. The molecule has 1 saturated heterocycles. The van der Waals surface area contributed by atoms with Crippen molar-refractivity contribution >= 4 is 39.3 Å². The number of hydrogen-bond acceptors (Lipinski definition) is 5. The van der Waals surface area contributed by atoms with E-state index in [4.69, 9.17) is 16.1 Å². The molecule has 1 aliphatic rings. The van der Waals surface area contributed by atoms with Crippen molar-refractivity contribution in [3.63, 3.8) is 0 Å². The molecule has 172 valence electrons. The second-order valence-corrected chi connectivity index (χ2v) is 9.74. The van der Waals surface area contributed by atoms with E-state index >= 15 is 0 Å². The lowest BCUT2D eigenvalue weighted by Crippen LogP contribution is -2.49. The Labute approximate surface area is 201 Å². The lowest BCUT2D eigenvalue weighted by molar-refractivity contribution is -0.146. The molecule has 1 aliphatic heterocycles. The summed E-state index contributed by atoms with van der Waals surface area (Å²) in [7, 11) is 0. The van der Waals surface area contributed by atoms with Crippen LogP contribution in [0.25, 0.3) is 11.4 Å². The number of hydrogen-bond donors (Lipinski definition) is 0. The van der Waals surface area contributed by atoms with Crippen molar-refractivity contribution in [2.45, 2.75) is 39.2 Å². The van der Waals surface area contributed by atoms with E-state index in [9.17, 15) is 9.59 Å². The standard InChI is InChI=1S/C23H28BrClN4O3/c1-4-12-28(22(31)23(2,3)15-25)14-19(30)29-13-6-5-7-18(29)21-26-20(27-32-21)16-8-10-17(24)11-9-16/h4,8-11,18H,1,5-7,12-15H2,2-3H3. The van der Waals surface area contributed by atoms with Crippen LogP contribution in [0.2, 0.25) is 0 Å². The molecule has 9 heteroatoms. The highest BCUT2D eigenvalue weighted by Gasteiger charge is 2.36. The first-order valence-corrected chi connectivity index (χ1v) is 11.9. The van der Waals surface area contributed by atoms with Crippen LogP contribution in [0.1, 0.15) is 45.0 Å². The molecule has 32 heavy (non-hydrogen) atoms. The second-order valence-electron chi connectivity index (χ2n) is 8.55. The van der Waals surface area contributed by atoms with Gasteiger partial charge in [0.1, 0.15) is 12.6 Å². The Hall–Kier alpha value is -2.19. The molecule has 0 radical (unpaired) electrons. The van der Waals surface area contributed by atoms with Gasteiger partial charge in [0.15, 0.2) is 0 Å². The van der Waals surface area contributed by atoms with E-state index in [1.807, 2.05) is 24.3 Å². The topological polar surface area (TPSA) is 79.5 Å². The van der Waals surface area contributed by atoms with Crippen molar-refractivity contribution in [2.75, 3.05) is 25.5 Å². The van der Waals surface area contributed by atoms with Crippen molar-refractivity contribution in [1.82, 2.24) is 19.9 Å². The maximum Gasteiger partial charge on any atom is 0.249 e. The van der Waals surface area contributed by atoms with Gasteiger partial charge in [-0.3, -0.25) is 9.59 Å². The highest BCUT2D eigenvalue weighted by atomic mass is 79.9. The molecule has 0 bridgehead atoms. The van der Waals surface area contributed by atoms with Gasteiger partial charge in [-0.05, 0) is 57.4 Å². The van der Waals surface area contributed by atoms with Gasteiger partial charge in [0.2, 0.25) is 23.5 Å². The monoisotopic (exact) mass is 522 g/mol. The summed E-state index contributed by atoms with van der Waals surface area (Å²) in [6.45, 7) is 8.07. The quantitative estimate of drug-likeness (QED) is 0.366. The first-order valence-electron chi connectivity index (χ1n) is 10.6. The van der Waals surface area contributed by atoms with E-state index in [-0.39, 0.29) is 36.8 Å². The first-order chi connectivity index (χ1) is 15.3.